The molecule has 6 rings (SSSR count). The Morgan fingerprint density at radius 2 is 1.67 bits per heavy atom. The van der Waals surface area contributed by atoms with E-state index in [4.69, 9.17) is 4.42 Å². The number of rotatable bonds is 6. The van der Waals surface area contributed by atoms with Crippen molar-refractivity contribution < 1.29 is 22.0 Å². The van der Waals surface area contributed by atoms with Crippen LogP contribution < -0.4 is 9.62 Å². The predicted molar refractivity (Wildman–Crippen MR) is 163 cm³/mol. The van der Waals surface area contributed by atoms with E-state index in [1.54, 1.807) is 42.2 Å². The summed E-state index contributed by atoms with van der Waals surface area (Å²) in [5.74, 6) is -0.293. The van der Waals surface area contributed by atoms with Gasteiger partial charge >= 0.3 is 0 Å². The quantitative estimate of drug-likeness (QED) is 0.248. The number of carbonyl (C=O) groups is 1. The zero-order chi connectivity index (χ0) is 29.8. The molecule has 6 aromatic rings. The lowest BCUT2D eigenvalue weighted by atomic mass is 9.97. The molecule has 42 heavy (non-hydrogen) atoms. The Hall–Kier alpha value is -4.96. The average Bonchev–Trinajstić information content (AvgIpc) is 3.57. The standard InChI is InChI=1S/C32H27FN4O4S/c1-19-5-7-20(8-6-19)31-30(32(38)34-2)26-16-25(28(17-29(26)41-31)36(3)42(4,39)40)21-9-10-22-18-35-37(27(22)15-21)24-13-11-23(33)12-14-24/h5-18H,1-4H3,(H,34,38). The Kier molecular flexibility index (Phi) is 6.58. The third-order valence-electron chi connectivity index (χ3n) is 7.36. The third-order valence-corrected chi connectivity index (χ3v) is 8.56. The number of fused-ring (bicyclic) bond motifs is 2. The highest BCUT2D eigenvalue weighted by molar-refractivity contribution is 7.92. The second-order valence-corrected chi connectivity index (χ2v) is 12.2. The number of halogens is 1. The topological polar surface area (TPSA) is 97.4 Å². The number of aryl methyl sites for hydroxylation is 1. The zero-order valence-electron chi connectivity index (χ0n) is 23.3. The molecule has 0 atom stereocenters. The molecule has 8 nitrogen and oxygen atoms in total. The summed E-state index contributed by atoms with van der Waals surface area (Å²) < 4.78 is 48.3. The van der Waals surface area contributed by atoms with Crippen LogP contribution >= 0.6 is 0 Å². The highest BCUT2D eigenvalue weighted by atomic mass is 32.2. The van der Waals surface area contributed by atoms with Crippen molar-refractivity contribution in [2.24, 2.45) is 0 Å². The molecule has 212 valence electrons. The number of carbonyl (C=O) groups excluding carboxylic acids is 1. The second kappa shape index (κ2) is 10.1. The Balaban J connectivity index is 1.63. The molecule has 0 aliphatic carbocycles. The van der Waals surface area contributed by atoms with Crippen LogP contribution in [0, 0.1) is 12.7 Å². The number of hydrogen-bond acceptors (Lipinski definition) is 5. The number of anilines is 1. The number of nitrogens with zero attached hydrogens (tertiary/aromatic N) is 3. The fourth-order valence-electron chi connectivity index (χ4n) is 5.04. The lowest BCUT2D eigenvalue weighted by Gasteiger charge is -2.21. The van der Waals surface area contributed by atoms with Gasteiger partial charge in [0.15, 0.2) is 0 Å². The molecule has 0 spiro atoms. The summed E-state index contributed by atoms with van der Waals surface area (Å²) in [5.41, 5.74) is 5.57. The van der Waals surface area contributed by atoms with Gasteiger partial charge in [0, 0.05) is 42.1 Å². The molecule has 10 heteroatoms. The summed E-state index contributed by atoms with van der Waals surface area (Å²) in [6.07, 6.45) is 2.84. The molecule has 0 saturated heterocycles. The van der Waals surface area contributed by atoms with Crippen LogP contribution in [0.15, 0.2) is 89.5 Å². The molecule has 0 unspecified atom stereocenters. The van der Waals surface area contributed by atoms with Gasteiger partial charge in [-0.1, -0.05) is 42.0 Å². The van der Waals surface area contributed by atoms with Crippen LogP contribution in [0.2, 0.25) is 0 Å². The number of aromatic nitrogens is 2. The maximum absolute atomic E-state index is 13.6. The van der Waals surface area contributed by atoms with Gasteiger partial charge in [-0.2, -0.15) is 5.10 Å². The molecule has 0 aliphatic heterocycles. The molecule has 0 aliphatic rings. The fraction of sp³-hybridized carbons (Fsp3) is 0.125. The van der Waals surface area contributed by atoms with Crippen LogP contribution in [0.1, 0.15) is 15.9 Å². The van der Waals surface area contributed by atoms with Gasteiger partial charge in [-0.3, -0.25) is 9.10 Å². The van der Waals surface area contributed by atoms with Gasteiger partial charge in [-0.05, 0) is 48.9 Å². The van der Waals surface area contributed by atoms with Crippen LogP contribution in [0.25, 0.3) is 50.0 Å². The lowest BCUT2D eigenvalue weighted by molar-refractivity contribution is 0.0964. The van der Waals surface area contributed by atoms with E-state index in [1.165, 1.54) is 23.5 Å². The molecular weight excluding hydrogens is 555 g/mol. The molecule has 1 N–H and O–H groups in total. The van der Waals surface area contributed by atoms with Crippen molar-refractivity contribution in [3.05, 3.63) is 102 Å². The van der Waals surface area contributed by atoms with Gasteiger partial charge in [0.2, 0.25) is 10.0 Å². The molecule has 0 fully saturated rings. The van der Waals surface area contributed by atoms with Crippen molar-refractivity contribution in [3.8, 4) is 28.1 Å². The minimum absolute atomic E-state index is 0.329. The summed E-state index contributed by atoms with van der Waals surface area (Å²) in [6, 6.07) is 22.7. The van der Waals surface area contributed by atoms with Crippen LogP contribution in [-0.4, -0.2) is 44.5 Å². The molecule has 2 aromatic heterocycles. The van der Waals surface area contributed by atoms with Crippen LogP contribution in [0.3, 0.4) is 0 Å². The molecule has 1 amide bonds. The largest absolute Gasteiger partial charge is 0.455 e. The highest BCUT2D eigenvalue weighted by Crippen LogP contribution is 2.42. The minimum Gasteiger partial charge on any atom is -0.455 e. The highest BCUT2D eigenvalue weighted by Gasteiger charge is 2.26. The number of benzene rings is 4. The fourth-order valence-corrected chi connectivity index (χ4v) is 5.54. The van der Waals surface area contributed by atoms with Crippen molar-refractivity contribution in [2.45, 2.75) is 6.92 Å². The number of furan rings is 1. The predicted octanol–water partition coefficient (Wildman–Crippen LogP) is 6.31. The normalized spacial score (nSPS) is 11.7. The van der Waals surface area contributed by atoms with E-state index >= 15 is 0 Å². The smallest absolute Gasteiger partial charge is 0.255 e. The average molecular weight is 583 g/mol. The maximum atomic E-state index is 13.6. The number of nitrogens with one attached hydrogen (secondary N) is 1. The van der Waals surface area contributed by atoms with E-state index in [2.05, 4.69) is 10.4 Å². The van der Waals surface area contributed by atoms with Gasteiger partial charge < -0.3 is 9.73 Å². The van der Waals surface area contributed by atoms with Crippen molar-refractivity contribution in [3.63, 3.8) is 0 Å². The first-order chi connectivity index (χ1) is 20.0. The molecule has 0 saturated carbocycles. The van der Waals surface area contributed by atoms with E-state index in [1.807, 2.05) is 49.4 Å². The van der Waals surface area contributed by atoms with Gasteiger partial charge in [0.25, 0.3) is 5.91 Å². The Morgan fingerprint density at radius 3 is 2.33 bits per heavy atom. The summed E-state index contributed by atoms with van der Waals surface area (Å²) >= 11 is 0. The van der Waals surface area contributed by atoms with Crippen molar-refractivity contribution in [1.82, 2.24) is 15.1 Å². The molecule has 0 radical (unpaired) electrons. The maximum Gasteiger partial charge on any atom is 0.255 e. The van der Waals surface area contributed by atoms with Crippen LogP contribution in [-0.2, 0) is 10.0 Å². The van der Waals surface area contributed by atoms with Gasteiger partial charge in [0.1, 0.15) is 17.2 Å². The van der Waals surface area contributed by atoms with Gasteiger partial charge in [-0.25, -0.2) is 17.5 Å². The zero-order valence-corrected chi connectivity index (χ0v) is 24.2. The van der Waals surface area contributed by atoms with Gasteiger partial charge in [0.05, 0.1) is 34.9 Å². The van der Waals surface area contributed by atoms with E-state index in [9.17, 15) is 17.6 Å². The van der Waals surface area contributed by atoms with Gasteiger partial charge in [-0.15, -0.1) is 0 Å². The summed E-state index contributed by atoms with van der Waals surface area (Å²) in [6.45, 7) is 1.97. The Labute approximate surface area is 242 Å². The van der Waals surface area contributed by atoms with E-state index in [0.717, 1.165) is 28.3 Å². The van der Waals surface area contributed by atoms with E-state index in [-0.39, 0.29) is 11.7 Å². The van der Waals surface area contributed by atoms with Crippen LogP contribution in [0.5, 0.6) is 0 Å². The molecular formula is C32H27FN4O4S. The van der Waals surface area contributed by atoms with Crippen molar-refractivity contribution >= 4 is 43.5 Å². The van der Waals surface area contributed by atoms with E-state index < -0.39 is 10.0 Å². The summed E-state index contributed by atoms with van der Waals surface area (Å²) in [4.78, 5) is 13.2. The first-order valence-corrected chi connectivity index (χ1v) is 15.0. The lowest BCUT2D eigenvalue weighted by Crippen LogP contribution is -2.25. The minimum atomic E-state index is -3.66. The first-order valence-electron chi connectivity index (χ1n) is 13.1. The third kappa shape index (κ3) is 4.69. The number of sulfonamides is 1. The monoisotopic (exact) mass is 582 g/mol. The number of amides is 1. The molecule has 2 heterocycles. The summed E-state index contributed by atoms with van der Waals surface area (Å²) in [5, 5.41) is 8.58. The summed E-state index contributed by atoms with van der Waals surface area (Å²) in [7, 11) is -0.634. The van der Waals surface area contributed by atoms with Crippen molar-refractivity contribution in [2.75, 3.05) is 24.7 Å². The van der Waals surface area contributed by atoms with E-state index in [0.29, 0.717) is 44.8 Å². The Morgan fingerprint density at radius 1 is 0.976 bits per heavy atom. The Bertz CT molecular complexity index is 2100. The van der Waals surface area contributed by atoms with Crippen molar-refractivity contribution in [1.29, 1.82) is 0 Å². The first kappa shape index (κ1) is 27.2. The number of hydrogen-bond donors (Lipinski definition) is 1. The molecule has 4 aromatic carbocycles. The molecule has 0 bridgehead atoms. The SMILES string of the molecule is CNC(=O)c1c(-c2ccc(C)cc2)oc2cc(N(C)S(C)(=O)=O)c(-c3ccc4cnn(-c5ccc(F)cc5)c4c3)cc12. The van der Waals surface area contributed by atoms with Crippen LogP contribution in [0.4, 0.5) is 10.1 Å². The second-order valence-electron chi connectivity index (χ2n) is 10.2.